The Kier molecular flexibility index (Phi) is 6.71. The zero-order valence-electron chi connectivity index (χ0n) is 19.3. The zero-order chi connectivity index (χ0) is 25.4. The van der Waals surface area contributed by atoms with Crippen LogP contribution in [0.1, 0.15) is 18.9 Å². The maximum atomic E-state index is 14.7. The number of thioether (sulfide) groups is 1. The van der Waals surface area contributed by atoms with E-state index in [4.69, 9.17) is 17.0 Å². The molecule has 0 saturated carbocycles. The summed E-state index contributed by atoms with van der Waals surface area (Å²) in [6.45, 7) is 2.12. The first-order valence-corrected chi connectivity index (χ1v) is 14.4. The maximum absolute atomic E-state index is 14.7. The number of thiocarbonyl (C=S) groups is 1. The Morgan fingerprint density at radius 2 is 2.03 bits per heavy atom. The van der Waals surface area contributed by atoms with Gasteiger partial charge in [0.2, 0.25) is 0 Å². The second-order valence-corrected chi connectivity index (χ2v) is 12.3. The average Bonchev–Trinajstić information content (AvgIpc) is 3.51. The molecule has 0 aliphatic carbocycles. The van der Waals surface area contributed by atoms with E-state index in [1.54, 1.807) is 36.0 Å². The molecule has 1 aromatic heterocycles. The van der Waals surface area contributed by atoms with Gasteiger partial charge in [-0.05, 0) is 49.8 Å². The molecule has 186 valence electrons. The van der Waals surface area contributed by atoms with E-state index in [1.807, 2.05) is 30.3 Å². The minimum Gasteiger partial charge on any atom is -0.491 e. The molecule has 11 heteroatoms. The van der Waals surface area contributed by atoms with Gasteiger partial charge in [-0.1, -0.05) is 42.2 Å². The van der Waals surface area contributed by atoms with Crippen LogP contribution < -0.4 is 4.74 Å². The second kappa shape index (κ2) is 9.79. The number of sulfone groups is 1. The minimum absolute atomic E-state index is 0.0467. The van der Waals surface area contributed by atoms with Gasteiger partial charge in [0.05, 0.1) is 34.7 Å². The number of ether oxygens (including phenoxy) is 1. The highest BCUT2D eigenvalue weighted by molar-refractivity contribution is 8.26. The largest absolute Gasteiger partial charge is 0.491 e. The highest BCUT2D eigenvalue weighted by Gasteiger charge is 2.42. The molecule has 5 rings (SSSR count). The summed E-state index contributed by atoms with van der Waals surface area (Å²) in [5.74, 6) is -0.732. The molecule has 1 amide bonds. The molecule has 0 radical (unpaired) electrons. The number of rotatable bonds is 6. The Balaban J connectivity index is 1.55. The van der Waals surface area contributed by atoms with Crippen molar-refractivity contribution in [2.45, 2.75) is 19.4 Å². The first kappa shape index (κ1) is 24.7. The van der Waals surface area contributed by atoms with Gasteiger partial charge in [-0.3, -0.25) is 9.69 Å². The van der Waals surface area contributed by atoms with Crippen molar-refractivity contribution >= 4 is 50.1 Å². The number of nitrogens with zero attached hydrogens (tertiary/aromatic N) is 3. The fraction of sp³-hybridized carbons (Fsp3) is 0.240. The monoisotopic (exact) mass is 543 g/mol. The van der Waals surface area contributed by atoms with Crippen molar-refractivity contribution in [2.75, 3.05) is 18.1 Å². The van der Waals surface area contributed by atoms with Gasteiger partial charge in [-0.25, -0.2) is 17.5 Å². The third-order valence-electron chi connectivity index (χ3n) is 5.95. The number of para-hydroxylation sites is 1. The molecule has 2 aliphatic heterocycles. The summed E-state index contributed by atoms with van der Waals surface area (Å²) in [5, 5.41) is 4.69. The molecule has 2 saturated heterocycles. The predicted molar refractivity (Wildman–Crippen MR) is 142 cm³/mol. The molecule has 0 N–H and O–H groups in total. The van der Waals surface area contributed by atoms with Crippen LogP contribution in [-0.4, -0.2) is 57.5 Å². The minimum atomic E-state index is -3.18. The fourth-order valence-corrected chi connectivity index (χ4v) is 7.36. The highest BCUT2D eigenvalue weighted by Crippen LogP contribution is 2.38. The summed E-state index contributed by atoms with van der Waals surface area (Å²) >= 11 is 6.56. The summed E-state index contributed by atoms with van der Waals surface area (Å²) in [5.41, 5.74) is 2.40. The van der Waals surface area contributed by atoms with E-state index in [0.717, 1.165) is 17.4 Å². The van der Waals surface area contributed by atoms with Gasteiger partial charge in [0, 0.05) is 17.3 Å². The second-order valence-electron chi connectivity index (χ2n) is 8.40. The molecule has 36 heavy (non-hydrogen) atoms. The molecule has 3 heterocycles. The number of hydrogen-bond acceptors (Lipinski definition) is 7. The number of aromatic nitrogens is 2. The molecule has 2 aliphatic rings. The smallest absolute Gasteiger partial charge is 0.266 e. The predicted octanol–water partition coefficient (Wildman–Crippen LogP) is 4.47. The molecule has 0 spiro atoms. The van der Waals surface area contributed by atoms with Gasteiger partial charge in [-0.2, -0.15) is 5.10 Å². The molecule has 3 aromatic rings. The average molecular weight is 544 g/mol. The van der Waals surface area contributed by atoms with Crippen LogP contribution in [0.4, 0.5) is 4.39 Å². The van der Waals surface area contributed by atoms with Crippen molar-refractivity contribution in [3.8, 4) is 22.7 Å². The molecule has 7 nitrogen and oxygen atoms in total. The fourth-order valence-electron chi connectivity index (χ4n) is 4.27. The lowest BCUT2D eigenvalue weighted by Gasteiger charge is -2.20. The Hall–Kier alpha value is -3.02. The number of hydrogen-bond donors (Lipinski definition) is 0. The van der Waals surface area contributed by atoms with Crippen molar-refractivity contribution in [1.29, 1.82) is 0 Å². The van der Waals surface area contributed by atoms with E-state index in [0.29, 0.717) is 39.1 Å². The van der Waals surface area contributed by atoms with Gasteiger partial charge in [0.1, 0.15) is 10.0 Å². The zero-order valence-corrected chi connectivity index (χ0v) is 21.7. The van der Waals surface area contributed by atoms with E-state index < -0.39 is 21.7 Å². The van der Waals surface area contributed by atoms with E-state index in [-0.39, 0.29) is 23.2 Å². The van der Waals surface area contributed by atoms with Crippen LogP contribution in [0.3, 0.4) is 0 Å². The lowest BCUT2D eigenvalue weighted by atomic mass is 10.1. The SMILES string of the molecule is CCOc1ccc(-c2nn(-c3ccccc3)cc2C=C2SC(=S)N(C3CCS(=O)(=O)C3)C2=O)cc1F. The Morgan fingerprint density at radius 3 is 2.69 bits per heavy atom. The van der Waals surface area contributed by atoms with Crippen LogP contribution in [0.15, 0.2) is 59.6 Å². The van der Waals surface area contributed by atoms with Gasteiger partial charge in [0.25, 0.3) is 5.91 Å². The Bertz CT molecular complexity index is 1490. The summed E-state index contributed by atoms with van der Waals surface area (Å²) in [6.07, 6.45) is 3.81. The lowest BCUT2D eigenvalue weighted by molar-refractivity contribution is -0.123. The standard InChI is InChI=1S/C25H22FN3O4S3/c1-2-33-21-9-8-16(12-20(21)26)23-17(14-28(27-23)18-6-4-3-5-7-18)13-22-24(30)29(25(34)35-22)19-10-11-36(31,32)15-19/h3-9,12-14,19H,2,10-11,15H2,1H3. The molecule has 2 aromatic carbocycles. The number of amides is 1. The van der Waals surface area contributed by atoms with E-state index in [9.17, 15) is 17.6 Å². The van der Waals surface area contributed by atoms with Crippen LogP contribution in [0, 0.1) is 5.82 Å². The third kappa shape index (κ3) is 4.82. The Labute approximate surface area is 217 Å². The molecule has 1 atom stereocenters. The van der Waals surface area contributed by atoms with Gasteiger partial charge in [0.15, 0.2) is 21.4 Å². The van der Waals surface area contributed by atoms with Gasteiger partial charge < -0.3 is 4.74 Å². The summed E-state index contributed by atoms with van der Waals surface area (Å²) in [4.78, 5) is 15.0. The molecule has 2 fully saturated rings. The summed E-state index contributed by atoms with van der Waals surface area (Å²) in [6, 6.07) is 13.6. The Morgan fingerprint density at radius 1 is 1.25 bits per heavy atom. The van der Waals surface area contributed by atoms with Crippen LogP contribution in [0.25, 0.3) is 23.0 Å². The third-order valence-corrected chi connectivity index (χ3v) is 9.03. The quantitative estimate of drug-likeness (QED) is 0.335. The molecular formula is C25H22FN3O4S3. The van der Waals surface area contributed by atoms with Crippen LogP contribution >= 0.6 is 24.0 Å². The number of carbonyl (C=O) groups is 1. The summed E-state index contributed by atoms with van der Waals surface area (Å²) in [7, 11) is -3.18. The maximum Gasteiger partial charge on any atom is 0.266 e. The normalized spacial score (nSPS) is 20.4. The number of benzene rings is 2. The number of carbonyl (C=O) groups excluding carboxylic acids is 1. The van der Waals surface area contributed by atoms with Gasteiger partial charge in [-0.15, -0.1) is 0 Å². The molecule has 1 unspecified atom stereocenters. The highest BCUT2D eigenvalue weighted by atomic mass is 32.2. The van der Waals surface area contributed by atoms with Crippen LogP contribution in [0.2, 0.25) is 0 Å². The number of halogens is 1. The van der Waals surface area contributed by atoms with Crippen molar-refractivity contribution < 1.29 is 22.3 Å². The topological polar surface area (TPSA) is 81.5 Å². The van der Waals surface area contributed by atoms with Crippen LogP contribution in [0.5, 0.6) is 5.75 Å². The van der Waals surface area contributed by atoms with Crippen LogP contribution in [-0.2, 0) is 14.6 Å². The van der Waals surface area contributed by atoms with E-state index in [2.05, 4.69) is 5.10 Å². The lowest BCUT2D eigenvalue weighted by Crippen LogP contribution is -2.39. The van der Waals surface area contributed by atoms with Crippen molar-refractivity contribution in [2.24, 2.45) is 0 Å². The first-order chi connectivity index (χ1) is 17.3. The van der Waals surface area contributed by atoms with Crippen molar-refractivity contribution in [3.05, 3.63) is 71.0 Å². The van der Waals surface area contributed by atoms with Crippen molar-refractivity contribution in [3.63, 3.8) is 0 Å². The van der Waals surface area contributed by atoms with Gasteiger partial charge >= 0.3 is 0 Å². The molecule has 0 bridgehead atoms. The molecular weight excluding hydrogens is 521 g/mol. The van der Waals surface area contributed by atoms with Crippen molar-refractivity contribution in [1.82, 2.24) is 14.7 Å². The summed E-state index contributed by atoms with van der Waals surface area (Å²) < 4.78 is 45.9. The van der Waals surface area contributed by atoms with E-state index in [1.165, 1.54) is 11.0 Å². The van der Waals surface area contributed by atoms with E-state index >= 15 is 0 Å². The first-order valence-electron chi connectivity index (χ1n) is 11.3.